The molecule has 0 spiro atoms. The number of nitrogens with zero attached hydrogens (tertiary/aromatic N) is 3. The van der Waals surface area contributed by atoms with Gasteiger partial charge in [0.05, 0.1) is 11.5 Å². The van der Waals surface area contributed by atoms with Gasteiger partial charge in [-0.05, 0) is 26.8 Å². The summed E-state index contributed by atoms with van der Waals surface area (Å²) in [5, 5.41) is 16.7. The summed E-state index contributed by atoms with van der Waals surface area (Å²) in [6.07, 6.45) is 0. The van der Waals surface area contributed by atoms with E-state index in [4.69, 9.17) is 0 Å². The minimum Gasteiger partial charge on any atom is -0.370 e. The second kappa shape index (κ2) is 8.03. The summed E-state index contributed by atoms with van der Waals surface area (Å²) in [5.41, 5.74) is -0.149. The summed E-state index contributed by atoms with van der Waals surface area (Å²) in [6, 6.07) is 2.91. The predicted octanol–water partition coefficient (Wildman–Crippen LogP) is 1.70. The van der Waals surface area contributed by atoms with Crippen LogP contribution in [-0.4, -0.2) is 46.9 Å². The molecule has 0 bridgehead atoms. The third-order valence-electron chi connectivity index (χ3n) is 2.95. The van der Waals surface area contributed by atoms with E-state index in [1.807, 2.05) is 20.8 Å². The number of anilines is 2. The number of rotatable bonds is 8. The summed E-state index contributed by atoms with van der Waals surface area (Å²) >= 11 is 0. The Morgan fingerprint density at radius 1 is 1.29 bits per heavy atom. The smallest absolute Gasteiger partial charge is 0.311 e. The first kappa shape index (κ1) is 16.7. The Morgan fingerprint density at radius 2 is 1.95 bits per heavy atom. The van der Waals surface area contributed by atoms with E-state index >= 15 is 0 Å². The molecule has 21 heavy (non-hydrogen) atoms. The molecule has 1 amide bonds. The van der Waals surface area contributed by atoms with E-state index in [1.54, 1.807) is 11.0 Å². The summed E-state index contributed by atoms with van der Waals surface area (Å²) in [7, 11) is 0. The van der Waals surface area contributed by atoms with Crippen LogP contribution in [0.2, 0.25) is 0 Å². The van der Waals surface area contributed by atoms with E-state index in [-0.39, 0.29) is 24.0 Å². The van der Waals surface area contributed by atoms with Crippen molar-refractivity contribution in [3.8, 4) is 0 Å². The Hall–Kier alpha value is -2.38. The standard InChI is InChI=1S/C13H21N5O3/c1-4-14-11-8-7-10(18(20)21)13(16-11)15-9-12(19)17(5-2)6-3/h7-8H,4-6,9H2,1-3H3,(H2,14,15,16). The molecule has 8 heteroatoms. The summed E-state index contributed by atoms with van der Waals surface area (Å²) in [4.78, 5) is 28.2. The Morgan fingerprint density at radius 3 is 2.48 bits per heavy atom. The van der Waals surface area contributed by atoms with Gasteiger partial charge in [0.25, 0.3) is 0 Å². The van der Waals surface area contributed by atoms with E-state index in [2.05, 4.69) is 15.6 Å². The van der Waals surface area contributed by atoms with Gasteiger partial charge in [0.1, 0.15) is 5.82 Å². The highest BCUT2D eigenvalue weighted by atomic mass is 16.6. The number of likely N-dealkylation sites (N-methyl/N-ethyl adjacent to an activating group) is 1. The third-order valence-corrected chi connectivity index (χ3v) is 2.95. The molecule has 0 aliphatic rings. The largest absolute Gasteiger partial charge is 0.370 e. The molecular formula is C13H21N5O3. The highest BCUT2D eigenvalue weighted by molar-refractivity contribution is 5.81. The van der Waals surface area contributed by atoms with Crippen LogP contribution in [0.1, 0.15) is 20.8 Å². The molecule has 1 aromatic heterocycles. The van der Waals surface area contributed by atoms with Gasteiger partial charge < -0.3 is 15.5 Å². The molecule has 0 saturated carbocycles. The van der Waals surface area contributed by atoms with Crippen LogP contribution in [0, 0.1) is 10.1 Å². The predicted molar refractivity (Wildman–Crippen MR) is 81.5 cm³/mol. The first-order chi connectivity index (χ1) is 10.0. The SMILES string of the molecule is CCNc1ccc([N+](=O)[O-])c(NCC(=O)N(CC)CC)n1. The highest BCUT2D eigenvalue weighted by Gasteiger charge is 2.17. The Labute approximate surface area is 123 Å². The van der Waals surface area contributed by atoms with E-state index in [0.29, 0.717) is 25.5 Å². The normalized spacial score (nSPS) is 10.0. The van der Waals surface area contributed by atoms with Gasteiger partial charge in [-0.15, -0.1) is 0 Å². The summed E-state index contributed by atoms with van der Waals surface area (Å²) in [5.74, 6) is 0.504. The van der Waals surface area contributed by atoms with Gasteiger partial charge in [-0.25, -0.2) is 4.98 Å². The van der Waals surface area contributed by atoms with Crippen molar-refractivity contribution in [1.82, 2.24) is 9.88 Å². The molecule has 2 N–H and O–H groups in total. The molecule has 0 aromatic carbocycles. The highest BCUT2D eigenvalue weighted by Crippen LogP contribution is 2.23. The number of pyridine rings is 1. The molecule has 0 saturated heterocycles. The quantitative estimate of drug-likeness (QED) is 0.559. The van der Waals surface area contributed by atoms with Crippen molar-refractivity contribution in [3.05, 3.63) is 22.2 Å². The monoisotopic (exact) mass is 295 g/mol. The van der Waals surface area contributed by atoms with Crippen LogP contribution < -0.4 is 10.6 Å². The van der Waals surface area contributed by atoms with Crippen LogP contribution in [0.5, 0.6) is 0 Å². The van der Waals surface area contributed by atoms with Crippen molar-refractivity contribution < 1.29 is 9.72 Å². The van der Waals surface area contributed by atoms with Crippen molar-refractivity contribution in [3.63, 3.8) is 0 Å². The Bertz CT molecular complexity index is 503. The first-order valence-electron chi connectivity index (χ1n) is 6.94. The molecule has 0 aliphatic heterocycles. The van der Waals surface area contributed by atoms with E-state index in [0.717, 1.165) is 0 Å². The van der Waals surface area contributed by atoms with Gasteiger partial charge in [0, 0.05) is 25.7 Å². The molecule has 0 fully saturated rings. The molecule has 1 rings (SSSR count). The maximum atomic E-state index is 11.9. The van der Waals surface area contributed by atoms with Crippen LogP contribution in [0.15, 0.2) is 12.1 Å². The molecular weight excluding hydrogens is 274 g/mol. The minimum atomic E-state index is -0.521. The molecule has 8 nitrogen and oxygen atoms in total. The number of nitrogens with one attached hydrogen (secondary N) is 2. The lowest BCUT2D eigenvalue weighted by atomic mass is 10.3. The maximum absolute atomic E-state index is 11.9. The fourth-order valence-corrected chi connectivity index (χ4v) is 1.86. The summed E-state index contributed by atoms with van der Waals surface area (Å²) < 4.78 is 0. The zero-order valence-corrected chi connectivity index (χ0v) is 12.5. The van der Waals surface area contributed by atoms with E-state index < -0.39 is 4.92 Å². The lowest BCUT2D eigenvalue weighted by Gasteiger charge is -2.19. The average Bonchev–Trinajstić information content (AvgIpc) is 2.46. The molecule has 0 aliphatic carbocycles. The number of nitro groups is 1. The third kappa shape index (κ3) is 4.59. The Kier molecular flexibility index (Phi) is 6.38. The lowest BCUT2D eigenvalue weighted by molar-refractivity contribution is -0.384. The molecule has 1 aromatic rings. The van der Waals surface area contributed by atoms with Crippen molar-refractivity contribution in [2.75, 3.05) is 36.8 Å². The van der Waals surface area contributed by atoms with Crippen LogP contribution in [0.4, 0.5) is 17.3 Å². The minimum absolute atomic E-state index is 0.0227. The molecule has 0 unspecified atom stereocenters. The second-order valence-corrected chi connectivity index (χ2v) is 4.27. The maximum Gasteiger partial charge on any atom is 0.311 e. The lowest BCUT2D eigenvalue weighted by Crippen LogP contribution is -2.35. The van der Waals surface area contributed by atoms with Crippen LogP contribution in [0.3, 0.4) is 0 Å². The zero-order chi connectivity index (χ0) is 15.8. The number of aromatic nitrogens is 1. The topological polar surface area (TPSA) is 100 Å². The number of carbonyl (C=O) groups excluding carboxylic acids is 1. The first-order valence-corrected chi connectivity index (χ1v) is 6.94. The molecule has 1 heterocycles. The van der Waals surface area contributed by atoms with Crippen molar-refractivity contribution in [1.29, 1.82) is 0 Å². The van der Waals surface area contributed by atoms with Crippen LogP contribution in [-0.2, 0) is 4.79 Å². The fraction of sp³-hybridized carbons (Fsp3) is 0.538. The van der Waals surface area contributed by atoms with Gasteiger partial charge in [0.2, 0.25) is 11.7 Å². The van der Waals surface area contributed by atoms with Gasteiger partial charge >= 0.3 is 5.69 Å². The number of hydrogen-bond donors (Lipinski definition) is 2. The van der Waals surface area contributed by atoms with Gasteiger partial charge in [0.15, 0.2) is 0 Å². The number of hydrogen-bond acceptors (Lipinski definition) is 6. The molecule has 116 valence electrons. The fourth-order valence-electron chi connectivity index (χ4n) is 1.86. The average molecular weight is 295 g/mol. The van der Waals surface area contributed by atoms with Gasteiger partial charge in [-0.1, -0.05) is 0 Å². The van der Waals surface area contributed by atoms with Crippen LogP contribution >= 0.6 is 0 Å². The van der Waals surface area contributed by atoms with Crippen molar-refractivity contribution in [2.24, 2.45) is 0 Å². The van der Waals surface area contributed by atoms with Gasteiger partial charge in [-0.3, -0.25) is 14.9 Å². The molecule has 0 atom stereocenters. The Balaban J connectivity index is 2.86. The molecule has 0 radical (unpaired) electrons. The van der Waals surface area contributed by atoms with Crippen LogP contribution in [0.25, 0.3) is 0 Å². The van der Waals surface area contributed by atoms with Crippen molar-refractivity contribution >= 4 is 23.2 Å². The van der Waals surface area contributed by atoms with E-state index in [9.17, 15) is 14.9 Å². The zero-order valence-electron chi connectivity index (χ0n) is 12.5. The van der Waals surface area contributed by atoms with Gasteiger partial charge in [-0.2, -0.15) is 0 Å². The summed E-state index contributed by atoms with van der Waals surface area (Å²) in [6.45, 7) is 7.50. The van der Waals surface area contributed by atoms with Crippen molar-refractivity contribution in [2.45, 2.75) is 20.8 Å². The number of carbonyl (C=O) groups is 1. The number of amides is 1. The van der Waals surface area contributed by atoms with E-state index in [1.165, 1.54) is 6.07 Å². The second-order valence-electron chi connectivity index (χ2n) is 4.27.